The number of ether oxygens (including phenoxy) is 1. The molecule has 0 spiro atoms. The minimum atomic E-state index is -0.455. The predicted molar refractivity (Wildman–Crippen MR) is 107 cm³/mol. The minimum absolute atomic E-state index is 0.00798. The summed E-state index contributed by atoms with van der Waals surface area (Å²) in [6, 6.07) is 9.12. The van der Waals surface area contributed by atoms with Crippen molar-refractivity contribution in [3.63, 3.8) is 0 Å². The fourth-order valence-electron chi connectivity index (χ4n) is 2.07. The molecule has 0 heterocycles. The number of methoxy groups -OCH3 is 1. The van der Waals surface area contributed by atoms with Gasteiger partial charge in [0.05, 0.1) is 13.2 Å². The molecule has 0 aromatic heterocycles. The number of thiol groups is 1. The van der Waals surface area contributed by atoms with Gasteiger partial charge >= 0.3 is 5.97 Å². The van der Waals surface area contributed by atoms with Gasteiger partial charge in [-0.25, -0.2) is 0 Å². The lowest BCUT2D eigenvalue weighted by Gasteiger charge is -2.19. The second-order valence-corrected chi connectivity index (χ2v) is 6.80. The molecule has 4 nitrogen and oxygen atoms in total. The van der Waals surface area contributed by atoms with Gasteiger partial charge < -0.3 is 4.74 Å². The Morgan fingerprint density at radius 1 is 1.16 bits per heavy atom. The van der Waals surface area contributed by atoms with Crippen LogP contribution in [0.3, 0.4) is 0 Å². The van der Waals surface area contributed by atoms with Crippen molar-refractivity contribution >= 4 is 24.4 Å². The molecule has 0 radical (unpaired) electrons. The van der Waals surface area contributed by atoms with E-state index in [0.717, 1.165) is 12.0 Å². The first-order valence-corrected chi connectivity index (χ1v) is 9.43. The first-order valence-electron chi connectivity index (χ1n) is 8.91. The van der Waals surface area contributed by atoms with Gasteiger partial charge in [-0.1, -0.05) is 44.2 Å². The van der Waals surface area contributed by atoms with Gasteiger partial charge in [0.15, 0.2) is 0 Å². The van der Waals surface area contributed by atoms with Crippen molar-refractivity contribution in [2.75, 3.05) is 7.11 Å². The molecule has 1 N–H and O–H groups in total. The van der Waals surface area contributed by atoms with Crippen LogP contribution in [0, 0.1) is 0 Å². The molecule has 2 atom stereocenters. The van der Waals surface area contributed by atoms with Crippen LogP contribution in [0.1, 0.15) is 52.5 Å². The molecular weight excluding hydrogens is 334 g/mol. The lowest BCUT2D eigenvalue weighted by molar-refractivity contribution is -0.143. The van der Waals surface area contributed by atoms with Crippen LogP contribution in [-0.4, -0.2) is 36.2 Å². The van der Waals surface area contributed by atoms with Crippen molar-refractivity contribution in [1.29, 1.82) is 0 Å². The lowest BCUT2D eigenvalue weighted by atomic mass is 10.0. The maximum Gasteiger partial charge on any atom is 0.322 e. The molecule has 25 heavy (non-hydrogen) atoms. The van der Waals surface area contributed by atoms with Crippen molar-refractivity contribution in [1.82, 2.24) is 5.32 Å². The summed E-state index contributed by atoms with van der Waals surface area (Å²) in [5, 5.41) is 3.64. The van der Waals surface area contributed by atoms with Gasteiger partial charge in [-0.15, -0.1) is 0 Å². The van der Waals surface area contributed by atoms with Crippen LogP contribution in [0.4, 0.5) is 0 Å². The standard InChI is InChI=1S/C15H21NO3.C5H12S/c1-11(12(2)17)16-14(15(18)19-3)10-9-13-7-5-4-6-8-13;1-3-5(6)4-2/h4-8,11,14,16H,9-10H2,1-3H3;5-6H,3-4H2,1-2H3. The predicted octanol–water partition coefficient (Wildman–Crippen LogP) is 3.83. The van der Waals surface area contributed by atoms with E-state index in [2.05, 4.69) is 31.8 Å². The summed E-state index contributed by atoms with van der Waals surface area (Å²) >= 11 is 4.23. The van der Waals surface area contributed by atoms with Crippen molar-refractivity contribution in [3.05, 3.63) is 35.9 Å². The van der Waals surface area contributed by atoms with E-state index in [1.54, 1.807) is 6.92 Å². The maximum atomic E-state index is 11.7. The maximum absolute atomic E-state index is 11.7. The highest BCUT2D eigenvalue weighted by Crippen LogP contribution is 2.07. The van der Waals surface area contributed by atoms with Crippen LogP contribution in [0.15, 0.2) is 30.3 Å². The van der Waals surface area contributed by atoms with Crippen LogP contribution in [0.5, 0.6) is 0 Å². The van der Waals surface area contributed by atoms with Gasteiger partial charge in [-0.05, 0) is 45.1 Å². The Kier molecular flexibility index (Phi) is 13.2. The third-order valence-corrected chi connectivity index (χ3v) is 4.78. The number of hydrogen-bond donors (Lipinski definition) is 2. The Bertz CT molecular complexity index is 489. The highest BCUT2D eigenvalue weighted by Gasteiger charge is 2.22. The molecule has 0 amide bonds. The second-order valence-electron chi connectivity index (χ2n) is 6.07. The van der Waals surface area contributed by atoms with Gasteiger partial charge in [0.2, 0.25) is 0 Å². The summed E-state index contributed by atoms with van der Waals surface area (Å²) in [5.41, 5.74) is 1.16. The van der Waals surface area contributed by atoms with Crippen LogP contribution in [-0.2, 0) is 20.7 Å². The Hall–Kier alpha value is -1.33. The average Bonchev–Trinajstić information content (AvgIpc) is 2.64. The number of ketones is 1. The zero-order valence-corrected chi connectivity index (χ0v) is 17.0. The third-order valence-electron chi connectivity index (χ3n) is 4.05. The molecule has 0 bridgehead atoms. The summed E-state index contributed by atoms with van der Waals surface area (Å²) in [5.74, 6) is -0.322. The van der Waals surface area contributed by atoms with E-state index in [1.165, 1.54) is 26.9 Å². The molecule has 0 fully saturated rings. The molecule has 0 aliphatic rings. The topological polar surface area (TPSA) is 55.4 Å². The summed E-state index contributed by atoms with van der Waals surface area (Å²) in [7, 11) is 1.36. The van der Waals surface area contributed by atoms with Gasteiger partial charge in [0.1, 0.15) is 11.8 Å². The van der Waals surface area contributed by atoms with Crippen LogP contribution in [0.2, 0.25) is 0 Å². The zero-order valence-electron chi connectivity index (χ0n) is 16.1. The largest absolute Gasteiger partial charge is 0.468 e. The first-order chi connectivity index (χ1) is 11.8. The Labute approximate surface area is 158 Å². The Balaban J connectivity index is 0.000000823. The monoisotopic (exact) mass is 367 g/mol. The molecule has 1 aromatic rings. The fourth-order valence-corrected chi connectivity index (χ4v) is 2.07. The molecule has 0 aliphatic heterocycles. The van der Waals surface area contributed by atoms with Crippen LogP contribution >= 0.6 is 12.6 Å². The molecule has 0 aliphatic carbocycles. The summed E-state index contributed by atoms with van der Waals surface area (Å²) in [6.45, 7) is 7.56. The summed E-state index contributed by atoms with van der Waals surface area (Å²) in [6.07, 6.45) is 3.76. The smallest absolute Gasteiger partial charge is 0.322 e. The molecule has 1 rings (SSSR count). The van der Waals surface area contributed by atoms with E-state index >= 15 is 0 Å². The number of esters is 1. The average molecular weight is 368 g/mol. The van der Waals surface area contributed by atoms with E-state index in [0.29, 0.717) is 11.7 Å². The molecule has 5 heteroatoms. The van der Waals surface area contributed by atoms with Crippen molar-refractivity contribution in [2.24, 2.45) is 0 Å². The SMILES string of the molecule is CCC(S)CC.COC(=O)C(CCc1ccccc1)NC(C)C(C)=O. The first kappa shape index (κ1) is 23.7. The molecule has 2 unspecified atom stereocenters. The van der Waals surface area contributed by atoms with E-state index in [9.17, 15) is 9.59 Å². The molecule has 0 saturated heterocycles. The minimum Gasteiger partial charge on any atom is -0.468 e. The van der Waals surface area contributed by atoms with E-state index < -0.39 is 6.04 Å². The van der Waals surface area contributed by atoms with Gasteiger partial charge in [0.25, 0.3) is 0 Å². The number of Topliss-reactive ketones (excluding diaryl/α,β-unsaturated/α-hetero) is 1. The molecular formula is C20H33NO3S. The van der Waals surface area contributed by atoms with Gasteiger partial charge in [-0.2, -0.15) is 12.6 Å². The number of nitrogens with one attached hydrogen (secondary N) is 1. The van der Waals surface area contributed by atoms with E-state index in [4.69, 9.17) is 4.74 Å². The third kappa shape index (κ3) is 11.0. The molecule has 1 aromatic carbocycles. The Morgan fingerprint density at radius 2 is 1.72 bits per heavy atom. The molecule has 0 saturated carbocycles. The van der Waals surface area contributed by atoms with Crippen molar-refractivity contribution in [2.45, 2.75) is 70.7 Å². The van der Waals surface area contributed by atoms with Crippen molar-refractivity contribution in [3.8, 4) is 0 Å². The van der Waals surface area contributed by atoms with Crippen molar-refractivity contribution < 1.29 is 14.3 Å². The van der Waals surface area contributed by atoms with Gasteiger partial charge in [0, 0.05) is 5.25 Å². The quantitative estimate of drug-likeness (QED) is 0.514. The number of benzene rings is 1. The highest BCUT2D eigenvalue weighted by molar-refractivity contribution is 7.80. The summed E-state index contributed by atoms with van der Waals surface area (Å²) < 4.78 is 4.77. The summed E-state index contributed by atoms with van der Waals surface area (Å²) in [4.78, 5) is 22.9. The Morgan fingerprint density at radius 3 is 2.12 bits per heavy atom. The highest BCUT2D eigenvalue weighted by atomic mass is 32.1. The number of carbonyl (C=O) groups is 2. The number of carbonyl (C=O) groups excluding carboxylic acids is 2. The van der Waals surface area contributed by atoms with E-state index in [1.807, 2.05) is 30.3 Å². The van der Waals surface area contributed by atoms with Crippen LogP contribution < -0.4 is 5.32 Å². The zero-order chi connectivity index (χ0) is 19.2. The second kappa shape index (κ2) is 13.9. The van der Waals surface area contributed by atoms with Gasteiger partial charge in [-0.3, -0.25) is 14.9 Å². The number of hydrogen-bond acceptors (Lipinski definition) is 5. The normalized spacial score (nSPS) is 12.8. The molecule has 142 valence electrons. The fraction of sp³-hybridized carbons (Fsp3) is 0.600. The van der Waals surface area contributed by atoms with Crippen LogP contribution in [0.25, 0.3) is 0 Å². The number of rotatable bonds is 9. The number of aryl methyl sites for hydroxylation is 1. The van der Waals surface area contributed by atoms with E-state index in [-0.39, 0.29) is 17.8 Å². The lowest BCUT2D eigenvalue weighted by Crippen LogP contribution is -2.45.